The molecular weight excluding hydrogens is 358 g/mol. The van der Waals surface area contributed by atoms with Crippen molar-refractivity contribution in [3.05, 3.63) is 28.8 Å². The summed E-state index contributed by atoms with van der Waals surface area (Å²) in [5.41, 5.74) is 1.32. The van der Waals surface area contributed by atoms with E-state index in [1.165, 1.54) is 11.3 Å². The van der Waals surface area contributed by atoms with E-state index in [0.717, 1.165) is 5.56 Å². The number of carbonyl (C=O) groups excluding carboxylic acids is 2. The molecule has 0 unspecified atom stereocenters. The number of aryl methyl sites for hydroxylation is 1. The van der Waals surface area contributed by atoms with Gasteiger partial charge in [0.05, 0.1) is 26.0 Å². The minimum Gasteiger partial charge on any atom is -0.493 e. The molecule has 0 aliphatic rings. The molecule has 0 N–H and O–H groups in total. The molecule has 0 aliphatic heterocycles. The van der Waals surface area contributed by atoms with Crippen LogP contribution >= 0.6 is 11.3 Å². The van der Waals surface area contributed by atoms with Crippen molar-refractivity contribution in [2.24, 2.45) is 0 Å². The predicted octanol–water partition coefficient (Wildman–Crippen LogP) is 3.24. The van der Waals surface area contributed by atoms with Crippen LogP contribution in [-0.2, 0) is 14.3 Å². The average Bonchev–Trinajstić information content (AvgIpc) is 3.00. The van der Waals surface area contributed by atoms with Crippen LogP contribution in [0.25, 0.3) is 10.6 Å². The van der Waals surface area contributed by atoms with Gasteiger partial charge in [0, 0.05) is 5.56 Å². The van der Waals surface area contributed by atoms with Crippen molar-refractivity contribution >= 4 is 23.3 Å². The van der Waals surface area contributed by atoms with Gasteiger partial charge < -0.3 is 18.9 Å². The van der Waals surface area contributed by atoms with Crippen LogP contribution in [0.4, 0.5) is 0 Å². The van der Waals surface area contributed by atoms with Crippen molar-refractivity contribution in [3.8, 4) is 22.1 Å². The van der Waals surface area contributed by atoms with Crippen molar-refractivity contribution in [1.29, 1.82) is 0 Å². The van der Waals surface area contributed by atoms with Gasteiger partial charge in [-0.2, -0.15) is 0 Å². The molecule has 0 saturated carbocycles. The number of hydrogen-bond acceptors (Lipinski definition) is 8. The maximum Gasteiger partial charge on any atom is 0.350 e. The lowest BCUT2D eigenvalue weighted by molar-refractivity contribution is -0.150. The normalized spacial score (nSPS) is 10.5. The summed E-state index contributed by atoms with van der Waals surface area (Å²) in [6.45, 7) is 4.73. The Morgan fingerprint density at radius 3 is 2.46 bits per heavy atom. The van der Waals surface area contributed by atoms with Gasteiger partial charge >= 0.3 is 11.9 Å². The topological polar surface area (TPSA) is 84.0 Å². The van der Waals surface area contributed by atoms with E-state index in [0.29, 0.717) is 27.1 Å². The average molecular weight is 379 g/mol. The summed E-state index contributed by atoms with van der Waals surface area (Å²) < 4.78 is 20.5. The molecule has 26 heavy (non-hydrogen) atoms. The number of hydrogen-bond donors (Lipinski definition) is 0. The van der Waals surface area contributed by atoms with Gasteiger partial charge in [-0.3, -0.25) is 0 Å². The lowest BCUT2D eigenvalue weighted by atomic mass is 10.2. The highest BCUT2D eigenvalue weighted by atomic mass is 32.1. The first-order valence-corrected chi connectivity index (χ1v) is 8.73. The van der Waals surface area contributed by atoms with E-state index in [4.69, 9.17) is 18.9 Å². The third-order valence-corrected chi connectivity index (χ3v) is 4.49. The highest BCUT2D eigenvalue weighted by Gasteiger charge is 2.20. The Kier molecular flexibility index (Phi) is 6.57. The Morgan fingerprint density at radius 2 is 1.85 bits per heavy atom. The maximum absolute atomic E-state index is 12.2. The molecule has 1 heterocycles. The van der Waals surface area contributed by atoms with Crippen LogP contribution < -0.4 is 9.47 Å². The molecule has 0 bridgehead atoms. The van der Waals surface area contributed by atoms with Crippen molar-refractivity contribution in [1.82, 2.24) is 4.98 Å². The van der Waals surface area contributed by atoms with Crippen LogP contribution in [0.1, 0.15) is 29.2 Å². The molecule has 1 aromatic carbocycles. The third-order valence-electron chi connectivity index (χ3n) is 3.30. The Labute approximate surface area is 155 Å². The Hall–Kier alpha value is -2.61. The number of carbonyl (C=O) groups is 2. The fourth-order valence-electron chi connectivity index (χ4n) is 2.17. The molecular formula is C18H21NO6S. The van der Waals surface area contributed by atoms with Gasteiger partial charge in [0.2, 0.25) is 0 Å². The number of ether oxygens (including phenoxy) is 4. The van der Waals surface area contributed by atoms with E-state index >= 15 is 0 Å². The largest absolute Gasteiger partial charge is 0.493 e. The standard InChI is InChI=1S/C18H21NO6S/c1-10(2)25-15(20)9-24-18(21)16-11(3)19-17(26-16)12-6-7-13(22-4)14(8-12)23-5/h6-8,10H,9H2,1-5H3. The molecule has 8 heteroatoms. The van der Waals surface area contributed by atoms with Crippen LogP contribution in [0.3, 0.4) is 0 Å². The number of benzene rings is 1. The Morgan fingerprint density at radius 1 is 1.15 bits per heavy atom. The second kappa shape index (κ2) is 8.66. The second-order valence-electron chi connectivity index (χ2n) is 5.62. The van der Waals surface area contributed by atoms with E-state index in [1.807, 2.05) is 6.07 Å². The molecule has 1 aromatic heterocycles. The zero-order valence-electron chi connectivity index (χ0n) is 15.3. The van der Waals surface area contributed by atoms with Gasteiger partial charge in [-0.1, -0.05) is 0 Å². The summed E-state index contributed by atoms with van der Waals surface area (Å²) in [5, 5.41) is 0.639. The quantitative estimate of drug-likeness (QED) is 0.683. The molecule has 0 radical (unpaired) electrons. The second-order valence-corrected chi connectivity index (χ2v) is 6.62. The first-order valence-electron chi connectivity index (χ1n) is 7.92. The molecule has 0 amide bonds. The first kappa shape index (κ1) is 19.7. The Bertz CT molecular complexity index is 799. The van der Waals surface area contributed by atoms with Gasteiger partial charge in [0.15, 0.2) is 18.1 Å². The van der Waals surface area contributed by atoms with E-state index in [-0.39, 0.29) is 6.10 Å². The molecule has 7 nitrogen and oxygen atoms in total. The van der Waals surface area contributed by atoms with E-state index in [1.54, 1.807) is 47.1 Å². The van der Waals surface area contributed by atoms with Crippen LogP contribution in [-0.4, -0.2) is 43.9 Å². The lowest BCUT2D eigenvalue weighted by Gasteiger charge is -2.08. The number of aromatic nitrogens is 1. The number of rotatable bonds is 7. The van der Waals surface area contributed by atoms with Crippen molar-refractivity contribution in [2.45, 2.75) is 26.9 Å². The lowest BCUT2D eigenvalue weighted by Crippen LogP contribution is -2.19. The number of thiazole rings is 1. The minimum absolute atomic E-state index is 0.261. The number of methoxy groups -OCH3 is 2. The number of nitrogens with zero attached hydrogens (tertiary/aromatic N) is 1. The summed E-state index contributed by atoms with van der Waals surface area (Å²) in [6, 6.07) is 5.38. The summed E-state index contributed by atoms with van der Waals surface area (Å²) in [7, 11) is 3.11. The van der Waals surface area contributed by atoms with Gasteiger partial charge in [0.1, 0.15) is 9.88 Å². The van der Waals surface area contributed by atoms with E-state index < -0.39 is 18.5 Å². The minimum atomic E-state index is -0.604. The molecule has 0 saturated heterocycles. The van der Waals surface area contributed by atoms with Gasteiger partial charge in [0.25, 0.3) is 0 Å². The zero-order valence-corrected chi connectivity index (χ0v) is 16.1. The fourth-order valence-corrected chi connectivity index (χ4v) is 3.12. The molecule has 2 aromatic rings. The van der Waals surface area contributed by atoms with Crippen molar-refractivity contribution < 1.29 is 28.5 Å². The molecule has 0 fully saturated rings. The first-order chi connectivity index (χ1) is 12.3. The fraction of sp³-hybridized carbons (Fsp3) is 0.389. The smallest absolute Gasteiger partial charge is 0.350 e. The third kappa shape index (κ3) is 4.72. The van der Waals surface area contributed by atoms with Crippen LogP contribution in [0.15, 0.2) is 18.2 Å². The summed E-state index contributed by atoms with van der Waals surface area (Å²) in [6.07, 6.45) is -0.261. The maximum atomic E-state index is 12.2. The van der Waals surface area contributed by atoms with Crippen molar-refractivity contribution in [2.75, 3.05) is 20.8 Å². The Balaban J connectivity index is 2.16. The van der Waals surface area contributed by atoms with Crippen LogP contribution in [0.2, 0.25) is 0 Å². The molecule has 140 valence electrons. The molecule has 0 spiro atoms. The van der Waals surface area contributed by atoms with Crippen LogP contribution in [0, 0.1) is 6.92 Å². The van der Waals surface area contributed by atoms with E-state index in [2.05, 4.69) is 4.98 Å². The molecule has 2 rings (SSSR count). The molecule has 0 atom stereocenters. The summed E-state index contributed by atoms with van der Waals surface area (Å²) in [5.74, 6) is -0.0192. The SMILES string of the molecule is COc1ccc(-c2nc(C)c(C(=O)OCC(=O)OC(C)C)s2)cc1OC. The van der Waals surface area contributed by atoms with E-state index in [9.17, 15) is 9.59 Å². The zero-order chi connectivity index (χ0) is 19.3. The summed E-state index contributed by atoms with van der Waals surface area (Å²) >= 11 is 1.18. The van der Waals surface area contributed by atoms with Gasteiger partial charge in [-0.25, -0.2) is 14.6 Å². The van der Waals surface area contributed by atoms with Crippen LogP contribution in [0.5, 0.6) is 11.5 Å². The molecule has 0 aliphatic carbocycles. The van der Waals surface area contributed by atoms with Gasteiger partial charge in [-0.05, 0) is 39.0 Å². The predicted molar refractivity (Wildman–Crippen MR) is 96.9 cm³/mol. The summed E-state index contributed by atoms with van der Waals surface area (Å²) in [4.78, 5) is 28.5. The highest BCUT2D eigenvalue weighted by Crippen LogP contribution is 2.35. The monoisotopic (exact) mass is 379 g/mol. The van der Waals surface area contributed by atoms with Crippen molar-refractivity contribution in [3.63, 3.8) is 0 Å². The van der Waals surface area contributed by atoms with Gasteiger partial charge in [-0.15, -0.1) is 11.3 Å². The number of esters is 2. The highest BCUT2D eigenvalue weighted by molar-refractivity contribution is 7.17.